The molecular weight excluding hydrogens is 438 g/mol. The summed E-state index contributed by atoms with van der Waals surface area (Å²) in [6.45, 7) is 1.24. The molecule has 8 nitrogen and oxygen atoms in total. The lowest BCUT2D eigenvalue weighted by molar-refractivity contribution is 0.0730. The molecule has 1 aliphatic rings. The van der Waals surface area contributed by atoms with E-state index in [-0.39, 0.29) is 34.2 Å². The zero-order valence-corrected chi connectivity index (χ0v) is 17.0. The lowest BCUT2D eigenvalue weighted by Gasteiger charge is -2.26. The second kappa shape index (κ2) is 8.22. The van der Waals surface area contributed by atoms with E-state index in [4.69, 9.17) is 4.74 Å². The minimum Gasteiger partial charge on any atom is -0.379 e. The van der Waals surface area contributed by atoms with Gasteiger partial charge in [-0.25, -0.2) is 22.2 Å². The highest BCUT2D eigenvalue weighted by Gasteiger charge is 2.26. The number of amides is 1. The number of carbonyl (C=O) groups is 1. The van der Waals surface area contributed by atoms with Gasteiger partial charge in [0.25, 0.3) is 5.91 Å². The van der Waals surface area contributed by atoms with Crippen LogP contribution in [0.2, 0.25) is 0 Å². The molecule has 1 aliphatic heterocycles. The van der Waals surface area contributed by atoms with E-state index in [1.165, 1.54) is 28.6 Å². The Hall–Kier alpha value is -2.67. The van der Waals surface area contributed by atoms with Crippen molar-refractivity contribution in [3.63, 3.8) is 0 Å². The number of carbonyl (C=O) groups excluding carboxylic acids is 1. The third-order valence-corrected chi connectivity index (χ3v) is 7.25. The number of nitrogens with zero attached hydrogens (tertiary/aromatic N) is 2. The molecule has 0 bridgehead atoms. The fourth-order valence-corrected chi connectivity index (χ4v) is 5.17. The topological polar surface area (TPSA) is 101 Å². The molecule has 1 aromatic heterocycles. The number of ether oxygens (including phenoxy) is 1. The maximum atomic E-state index is 13.7. The normalized spacial score (nSPS) is 15.3. The molecule has 3 aromatic rings. The van der Waals surface area contributed by atoms with E-state index >= 15 is 0 Å². The van der Waals surface area contributed by atoms with Crippen LogP contribution in [0.4, 0.5) is 13.9 Å². The van der Waals surface area contributed by atoms with Crippen molar-refractivity contribution in [3.8, 4) is 0 Å². The minimum atomic E-state index is -3.65. The van der Waals surface area contributed by atoms with Gasteiger partial charge in [0.2, 0.25) is 15.2 Å². The van der Waals surface area contributed by atoms with Gasteiger partial charge in [0.1, 0.15) is 11.3 Å². The summed E-state index contributed by atoms with van der Waals surface area (Å²) in [4.78, 5) is 16.4. The predicted octanol–water partition coefficient (Wildman–Crippen LogP) is 2.35. The van der Waals surface area contributed by atoms with Gasteiger partial charge in [0.05, 0.1) is 22.8 Å². The fourth-order valence-electron chi connectivity index (χ4n) is 2.91. The summed E-state index contributed by atoms with van der Waals surface area (Å²) < 4.78 is 59.0. The van der Waals surface area contributed by atoms with Gasteiger partial charge in [-0.2, -0.15) is 4.31 Å². The molecule has 1 amide bonds. The second-order valence-corrected chi connectivity index (χ2v) is 9.34. The highest BCUT2D eigenvalue weighted by Crippen LogP contribution is 2.28. The highest BCUT2D eigenvalue weighted by atomic mass is 32.2. The zero-order valence-electron chi connectivity index (χ0n) is 15.4. The number of halogens is 2. The second-order valence-electron chi connectivity index (χ2n) is 6.37. The van der Waals surface area contributed by atoms with E-state index in [9.17, 15) is 22.0 Å². The quantitative estimate of drug-likeness (QED) is 0.574. The first-order valence-electron chi connectivity index (χ1n) is 8.84. The van der Waals surface area contributed by atoms with Crippen molar-refractivity contribution in [1.29, 1.82) is 0 Å². The average molecular weight is 454 g/mol. The minimum absolute atomic E-state index is 0.00387. The van der Waals surface area contributed by atoms with Crippen LogP contribution in [0.1, 0.15) is 10.4 Å². The van der Waals surface area contributed by atoms with Gasteiger partial charge < -0.3 is 4.74 Å². The number of nitrogens with one attached hydrogen (secondary N) is 2. The van der Waals surface area contributed by atoms with Gasteiger partial charge >= 0.3 is 0 Å². The smallest absolute Gasteiger partial charge is 0.269 e. The molecule has 0 unspecified atom stereocenters. The SMILES string of the molecule is O=C(NNc1nc2c(F)cc(F)cc2s1)c1ccc(S(=O)(=O)N2CCOCC2)cc1. The van der Waals surface area contributed by atoms with Gasteiger partial charge in [0, 0.05) is 24.7 Å². The summed E-state index contributed by atoms with van der Waals surface area (Å²) in [6, 6.07) is 7.37. The largest absolute Gasteiger partial charge is 0.379 e. The van der Waals surface area contributed by atoms with E-state index in [2.05, 4.69) is 15.8 Å². The van der Waals surface area contributed by atoms with Crippen LogP contribution < -0.4 is 10.9 Å². The number of hydrazine groups is 1. The predicted molar refractivity (Wildman–Crippen MR) is 107 cm³/mol. The van der Waals surface area contributed by atoms with Gasteiger partial charge in [-0.3, -0.25) is 15.6 Å². The number of sulfonamides is 1. The van der Waals surface area contributed by atoms with Crippen molar-refractivity contribution < 1.29 is 26.7 Å². The monoisotopic (exact) mass is 454 g/mol. The number of thiazole rings is 1. The van der Waals surface area contributed by atoms with Crippen LogP contribution in [-0.2, 0) is 14.8 Å². The Balaban J connectivity index is 1.43. The highest BCUT2D eigenvalue weighted by molar-refractivity contribution is 7.89. The lowest BCUT2D eigenvalue weighted by atomic mass is 10.2. The maximum absolute atomic E-state index is 13.7. The van der Waals surface area contributed by atoms with E-state index in [0.717, 1.165) is 23.5 Å². The average Bonchev–Trinajstić information content (AvgIpc) is 3.16. The van der Waals surface area contributed by atoms with Crippen molar-refractivity contribution in [2.75, 3.05) is 31.7 Å². The molecule has 4 rings (SSSR count). The fraction of sp³-hybridized carbons (Fsp3) is 0.222. The molecule has 2 N–H and O–H groups in total. The first kappa shape index (κ1) is 20.6. The number of fused-ring (bicyclic) bond motifs is 1. The standard InChI is InChI=1S/C18H16F2N4O4S2/c19-12-9-14(20)16-15(10-12)29-18(21-16)23-22-17(25)11-1-3-13(4-2-11)30(26,27)24-5-7-28-8-6-24/h1-4,9-10H,5-8H2,(H,21,23)(H,22,25). The number of morpholine rings is 1. The number of hydrogen-bond acceptors (Lipinski definition) is 7. The molecule has 12 heteroatoms. The molecule has 0 atom stereocenters. The number of anilines is 1. The van der Waals surface area contributed by atoms with Gasteiger partial charge in [-0.15, -0.1) is 0 Å². The van der Waals surface area contributed by atoms with Crippen molar-refractivity contribution >= 4 is 42.6 Å². The van der Waals surface area contributed by atoms with Crippen molar-refractivity contribution in [2.45, 2.75) is 4.90 Å². The third-order valence-electron chi connectivity index (χ3n) is 4.42. The third kappa shape index (κ3) is 4.12. The van der Waals surface area contributed by atoms with E-state index in [0.29, 0.717) is 17.9 Å². The molecule has 1 saturated heterocycles. The number of rotatable bonds is 5. The molecule has 0 spiro atoms. The Bertz CT molecular complexity index is 1190. The van der Waals surface area contributed by atoms with Crippen molar-refractivity contribution in [2.24, 2.45) is 0 Å². The molecule has 0 saturated carbocycles. The Labute approximate surface area is 174 Å². The van der Waals surface area contributed by atoms with Crippen LogP contribution in [-0.4, -0.2) is 49.9 Å². The molecule has 2 aromatic carbocycles. The number of benzene rings is 2. The van der Waals surface area contributed by atoms with E-state index in [1.807, 2.05) is 0 Å². The maximum Gasteiger partial charge on any atom is 0.269 e. The summed E-state index contributed by atoms with van der Waals surface area (Å²) in [6.07, 6.45) is 0. The Kier molecular flexibility index (Phi) is 5.64. The van der Waals surface area contributed by atoms with Crippen LogP contribution in [0.3, 0.4) is 0 Å². The zero-order chi connectivity index (χ0) is 21.3. The van der Waals surface area contributed by atoms with Crippen LogP contribution in [0.5, 0.6) is 0 Å². The summed E-state index contributed by atoms with van der Waals surface area (Å²) in [5, 5.41) is 0.175. The van der Waals surface area contributed by atoms with Gasteiger partial charge in [0.15, 0.2) is 5.82 Å². The molecule has 30 heavy (non-hydrogen) atoms. The number of hydrogen-bond donors (Lipinski definition) is 2. The summed E-state index contributed by atoms with van der Waals surface area (Å²) in [7, 11) is -3.65. The lowest BCUT2D eigenvalue weighted by Crippen LogP contribution is -2.40. The first-order chi connectivity index (χ1) is 14.3. The first-order valence-corrected chi connectivity index (χ1v) is 11.1. The van der Waals surface area contributed by atoms with Crippen molar-refractivity contribution in [1.82, 2.24) is 14.7 Å². The molecule has 0 aliphatic carbocycles. The Morgan fingerprint density at radius 2 is 1.83 bits per heavy atom. The van der Waals surface area contributed by atoms with Crippen LogP contribution in [0.15, 0.2) is 41.3 Å². The van der Waals surface area contributed by atoms with Crippen LogP contribution in [0.25, 0.3) is 10.2 Å². The molecular formula is C18H16F2N4O4S2. The van der Waals surface area contributed by atoms with Gasteiger partial charge in [-0.1, -0.05) is 11.3 Å². The molecule has 0 radical (unpaired) electrons. The summed E-state index contributed by atoms with van der Waals surface area (Å²) in [5.74, 6) is -2.06. The van der Waals surface area contributed by atoms with E-state index < -0.39 is 27.6 Å². The van der Waals surface area contributed by atoms with Crippen LogP contribution in [0, 0.1) is 11.6 Å². The summed E-state index contributed by atoms with van der Waals surface area (Å²) in [5.41, 5.74) is 5.16. The Morgan fingerprint density at radius 1 is 1.13 bits per heavy atom. The van der Waals surface area contributed by atoms with E-state index in [1.54, 1.807) is 0 Å². The number of aromatic nitrogens is 1. The Morgan fingerprint density at radius 3 is 2.53 bits per heavy atom. The van der Waals surface area contributed by atoms with Gasteiger partial charge in [-0.05, 0) is 30.3 Å². The summed E-state index contributed by atoms with van der Waals surface area (Å²) >= 11 is 0.972. The molecule has 2 heterocycles. The molecule has 158 valence electrons. The molecule has 1 fully saturated rings. The van der Waals surface area contributed by atoms with Crippen LogP contribution >= 0.6 is 11.3 Å². The van der Waals surface area contributed by atoms with Crippen molar-refractivity contribution in [3.05, 3.63) is 53.6 Å².